The molecule has 0 saturated carbocycles. The second-order valence-electron chi connectivity index (χ2n) is 7.23. The molecule has 2 aromatic rings. The SMILES string of the molecule is COc1ccc(CC(=O)C[C@@H]2c3c(cc4c(c3OC)OCO4)CCN2C)cc1. The standard InChI is InChI=1S/C22H25NO5/c1-23-9-8-15-11-19-21(28-13-27-19)22(26-3)20(15)18(23)12-16(24)10-14-4-6-17(25-2)7-5-14/h4-7,11,18H,8-10,12-13H2,1-3H3/t18-/m1/s1. The Labute approximate surface area is 165 Å². The lowest BCUT2D eigenvalue weighted by molar-refractivity contribution is -0.119. The topological polar surface area (TPSA) is 57.2 Å². The van der Waals surface area contributed by atoms with Gasteiger partial charge in [-0.25, -0.2) is 0 Å². The van der Waals surface area contributed by atoms with Gasteiger partial charge in [-0.1, -0.05) is 12.1 Å². The number of likely N-dealkylation sites (N-methyl/N-ethyl adjacent to an activating group) is 1. The lowest BCUT2D eigenvalue weighted by atomic mass is 9.87. The van der Waals surface area contributed by atoms with E-state index in [9.17, 15) is 4.79 Å². The van der Waals surface area contributed by atoms with E-state index in [2.05, 4.69) is 11.9 Å². The van der Waals surface area contributed by atoms with Crippen LogP contribution in [-0.4, -0.2) is 45.3 Å². The molecule has 0 bridgehead atoms. The molecule has 0 radical (unpaired) electrons. The Morgan fingerprint density at radius 1 is 1.18 bits per heavy atom. The van der Waals surface area contributed by atoms with Gasteiger partial charge in [0.15, 0.2) is 11.5 Å². The van der Waals surface area contributed by atoms with Gasteiger partial charge in [0, 0.05) is 31.0 Å². The van der Waals surface area contributed by atoms with Crippen LogP contribution >= 0.6 is 0 Å². The first kappa shape index (κ1) is 18.6. The molecule has 2 heterocycles. The molecule has 2 aliphatic heterocycles. The number of methoxy groups -OCH3 is 2. The molecule has 0 fully saturated rings. The Hall–Kier alpha value is -2.73. The zero-order valence-electron chi connectivity index (χ0n) is 16.5. The van der Waals surface area contributed by atoms with E-state index in [-0.39, 0.29) is 18.6 Å². The quantitative estimate of drug-likeness (QED) is 0.764. The lowest BCUT2D eigenvalue weighted by Gasteiger charge is -2.35. The van der Waals surface area contributed by atoms with Crippen LogP contribution in [0.4, 0.5) is 0 Å². The Kier molecular flexibility index (Phi) is 5.13. The maximum Gasteiger partial charge on any atom is 0.231 e. The molecule has 2 aliphatic rings. The fourth-order valence-corrected chi connectivity index (χ4v) is 4.04. The van der Waals surface area contributed by atoms with E-state index in [0.717, 1.165) is 35.6 Å². The summed E-state index contributed by atoms with van der Waals surface area (Å²) in [5.41, 5.74) is 3.20. The third-order valence-corrected chi connectivity index (χ3v) is 5.53. The molecule has 6 nitrogen and oxygen atoms in total. The zero-order chi connectivity index (χ0) is 19.7. The van der Waals surface area contributed by atoms with Gasteiger partial charge in [-0.2, -0.15) is 0 Å². The molecular weight excluding hydrogens is 358 g/mol. The maximum atomic E-state index is 12.9. The van der Waals surface area contributed by atoms with Crippen molar-refractivity contribution in [3.8, 4) is 23.0 Å². The van der Waals surface area contributed by atoms with E-state index in [0.29, 0.717) is 24.3 Å². The maximum absolute atomic E-state index is 12.9. The van der Waals surface area contributed by atoms with Crippen LogP contribution in [0, 0.1) is 0 Å². The van der Waals surface area contributed by atoms with E-state index in [1.165, 1.54) is 5.56 Å². The summed E-state index contributed by atoms with van der Waals surface area (Å²) < 4.78 is 22.1. The van der Waals surface area contributed by atoms with Crippen LogP contribution in [0.25, 0.3) is 0 Å². The van der Waals surface area contributed by atoms with Crippen LogP contribution in [0.2, 0.25) is 0 Å². The third-order valence-electron chi connectivity index (χ3n) is 5.53. The van der Waals surface area contributed by atoms with Gasteiger partial charge in [-0.05, 0) is 42.8 Å². The van der Waals surface area contributed by atoms with Gasteiger partial charge in [-0.3, -0.25) is 9.69 Å². The molecule has 0 unspecified atom stereocenters. The summed E-state index contributed by atoms with van der Waals surface area (Å²) in [6.45, 7) is 1.09. The highest BCUT2D eigenvalue weighted by atomic mass is 16.7. The fraction of sp³-hybridized carbons (Fsp3) is 0.409. The van der Waals surface area contributed by atoms with E-state index in [4.69, 9.17) is 18.9 Å². The monoisotopic (exact) mass is 383 g/mol. The molecule has 1 atom stereocenters. The normalized spacial score (nSPS) is 17.9. The third kappa shape index (κ3) is 3.40. The number of carbonyl (C=O) groups excluding carboxylic acids is 1. The first-order chi connectivity index (χ1) is 13.6. The van der Waals surface area contributed by atoms with Crippen LogP contribution < -0.4 is 18.9 Å². The Balaban J connectivity index is 1.59. The number of nitrogens with zero attached hydrogens (tertiary/aromatic N) is 1. The van der Waals surface area contributed by atoms with Crippen molar-refractivity contribution < 1.29 is 23.7 Å². The van der Waals surface area contributed by atoms with Gasteiger partial charge < -0.3 is 18.9 Å². The molecule has 0 N–H and O–H groups in total. The number of hydrogen-bond acceptors (Lipinski definition) is 6. The van der Waals surface area contributed by atoms with Gasteiger partial charge >= 0.3 is 0 Å². The van der Waals surface area contributed by atoms with Crippen LogP contribution in [0.1, 0.15) is 29.2 Å². The number of ether oxygens (including phenoxy) is 4. The van der Waals surface area contributed by atoms with Crippen molar-refractivity contribution >= 4 is 5.78 Å². The molecule has 0 aliphatic carbocycles. The molecule has 0 aromatic heterocycles. The van der Waals surface area contributed by atoms with Crippen molar-refractivity contribution in [2.75, 3.05) is 34.6 Å². The molecule has 148 valence electrons. The van der Waals surface area contributed by atoms with Crippen molar-refractivity contribution in [2.24, 2.45) is 0 Å². The minimum absolute atomic E-state index is 0.0426. The highest BCUT2D eigenvalue weighted by Gasteiger charge is 2.34. The van der Waals surface area contributed by atoms with Crippen molar-refractivity contribution in [3.05, 3.63) is 47.0 Å². The number of Topliss-reactive ketones (excluding diaryl/α,β-unsaturated/α-hetero) is 1. The molecule has 0 amide bonds. The van der Waals surface area contributed by atoms with Gasteiger partial charge in [0.25, 0.3) is 0 Å². The van der Waals surface area contributed by atoms with Crippen LogP contribution in [-0.2, 0) is 17.6 Å². The Morgan fingerprint density at radius 3 is 2.68 bits per heavy atom. The van der Waals surface area contributed by atoms with Crippen molar-refractivity contribution in [1.29, 1.82) is 0 Å². The number of fused-ring (bicyclic) bond motifs is 2. The number of carbonyl (C=O) groups is 1. The molecular formula is C22H25NO5. The minimum atomic E-state index is -0.0426. The zero-order valence-corrected chi connectivity index (χ0v) is 16.5. The number of benzene rings is 2. The highest BCUT2D eigenvalue weighted by molar-refractivity contribution is 5.82. The summed E-state index contributed by atoms with van der Waals surface area (Å²) in [7, 11) is 5.33. The summed E-state index contributed by atoms with van der Waals surface area (Å²) in [5.74, 6) is 3.04. The number of ketones is 1. The van der Waals surface area contributed by atoms with Gasteiger partial charge in [0.05, 0.1) is 14.2 Å². The predicted octanol–water partition coefficient (Wildman–Crippen LogP) is 3.16. The molecule has 0 saturated heterocycles. The Morgan fingerprint density at radius 2 is 1.96 bits per heavy atom. The highest BCUT2D eigenvalue weighted by Crippen LogP contribution is 2.50. The smallest absolute Gasteiger partial charge is 0.231 e. The van der Waals surface area contributed by atoms with E-state index in [1.54, 1.807) is 14.2 Å². The van der Waals surface area contributed by atoms with E-state index < -0.39 is 0 Å². The molecule has 6 heteroatoms. The second kappa shape index (κ2) is 7.72. The number of hydrogen-bond donors (Lipinski definition) is 0. The largest absolute Gasteiger partial charge is 0.497 e. The predicted molar refractivity (Wildman–Crippen MR) is 105 cm³/mol. The molecule has 2 aromatic carbocycles. The van der Waals surface area contributed by atoms with Gasteiger partial charge in [0.2, 0.25) is 12.5 Å². The van der Waals surface area contributed by atoms with Gasteiger partial charge in [-0.15, -0.1) is 0 Å². The summed E-state index contributed by atoms with van der Waals surface area (Å²) in [6.07, 6.45) is 1.71. The lowest BCUT2D eigenvalue weighted by Crippen LogP contribution is -2.34. The summed E-state index contributed by atoms with van der Waals surface area (Å²) >= 11 is 0. The first-order valence-electron chi connectivity index (χ1n) is 9.45. The Bertz CT molecular complexity index is 877. The second-order valence-corrected chi connectivity index (χ2v) is 7.23. The van der Waals surface area contributed by atoms with E-state index >= 15 is 0 Å². The van der Waals surface area contributed by atoms with Crippen LogP contribution in [0.3, 0.4) is 0 Å². The van der Waals surface area contributed by atoms with Crippen LogP contribution in [0.5, 0.6) is 23.0 Å². The summed E-state index contributed by atoms with van der Waals surface area (Å²) in [5, 5.41) is 0. The average Bonchev–Trinajstić information content (AvgIpc) is 3.17. The molecule has 0 spiro atoms. The van der Waals surface area contributed by atoms with Crippen molar-refractivity contribution in [1.82, 2.24) is 4.90 Å². The average molecular weight is 383 g/mol. The summed E-state index contributed by atoms with van der Waals surface area (Å²) in [6, 6.07) is 9.64. The van der Waals surface area contributed by atoms with Crippen molar-refractivity contribution in [3.63, 3.8) is 0 Å². The first-order valence-corrected chi connectivity index (χ1v) is 9.45. The fourth-order valence-electron chi connectivity index (χ4n) is 4.04. The van der Waals surface area contributed by atoms with Crippen molar-refractivity contribution in [2.45, 2.75) is 25.3 Å². The molecule has 28 heavy (non-hydrogen) atoms. The van der Waals surface area contributed by atoms with Gasteiger partial charge in [0.1, 0.15) is 11.5 Å². The summed E-state index contributed by atoms with van der Waals surface area (Å²) in [4.78, 5) is 15.1. The minimum Gasteiger partial charge on any atom is -0.497 e. The molecule has 4 rings (SSSR count). The van der Waals surface area contributed by atoms with E-state index in [1.807, 2.05) is 30.3 Å². The number of rotatable bonds is 6. The van der Waals surface area contributed by atoms with Crippen LogP contribution in [0.15, 0.2) is 30.3 Å².